The molecule has 14 nitrogen and oxygen atoms in total. The number of unbranched alkanes of at least 4 members (excludes halogenated alkanes) is 3. The number of carbonyl (C=O) groups is 6. The predicted molar refractivity (Wildman–Crippen MR) is 168 cm³/mol. The molecule has 0 rings (SSSR count). The Morgan fingerprint density at radius 3 is 1.50 bits per heavy atom. The third-order valence-corrected chi connectivity index (χ3v) is 7.80. The highest BCUT2D eigenvalue weighted by atomic mass is 16.6. The molecule has 0 radical (unpaired) electrons. The van der Waals surface area contributed by atoms with E-state index in [0.717, 1.165) is 12.8 Å². The number of esters is 2. The SMILES string of the molecule is CC(C(=O)O)C(C)(C)OC(=O)C(C)C(C)(C)OC(=O)NCCCCCCNC(=O)OC(C)(C)CCC(=O)OC(C)(C)CCC(=O)O. The van der Waals surface area contributed by atoms with Gasteiger partial charge in [0.05, 0.1) is 11.8 Å². The number of alkyl carbamates (subject to hydrolysis) is 2. The van der Waals surface area contributed by atoms with Crippen molar-refractivity contribution in [3.8, 4) is 0 Å². The maximum Gasteiger partial charge on any atom is 0.407 e. The average molecular weight is 661 g/mol. The van der Waals surface area contributed by atoms with Crippen LogP contribution in [0.5, 0.6) is 0 Å². The van der Waals surface area contributed by atoms with Gasteiger partial charge in [-0.1, -0.05) is 12.8 Å². The van der Waals surface area contributed by atoms with Crippen LogP contribution in [-0.2, 0) is 38.1 Å². The first kappa shape index (κ1) is 42.4. The molecule has 0 aromatic carbocycles. The van der Waals surface area contributed by atoms with Crippen molar-refractivity contribution in [1.29, 1.82) is 0 Å². The van der Waals surface area contributed by atoms with E-state index in [-0.39, 0.29) is 25.7 Å². The first-order chi connectivity index (χ1) is 20.9. The Balaban J connectivity index is 4.28. The van der Waals surface area contributed by atoms with Crippen LogP contribution in [0.2, 0.25) is 0 Å². The van der Waals surface area contributed by atoms with Crippen molar-refractivity contribution in [2.45, 2.75) is 143 Å². The van der Waals surface area contributed by atoms with Crippen molar-refractivity contribution in [1.82, 2.24) is 10.6 Å². The topological polar surface area (TPSA) is 204 Å². The molecule has 0 aromatic rings. The molecule has 0 bridgehead atoms. The zero-order valence-electron chi connectivity index (χ0n) is 29.2. The number of aliphatic carboxylic acids is 2. The largest absolute Gasteiger partial charge is 0.481 e. The van der Waals surface area contributed by atoms with E-state index in [0.29, 0.717) is 25.9 Å². The number of nitrogens with one attached hydrogen (secondary N) is 2. The molecule has 4 N–H and O–H groups in total. The van der Waals surface area contributed by atoms with Crippen molar-refractivity contribution in [3.05, 3.63) is 0 Å². The number of carboxylic acid groups (broad SMARTS) is 2. The van der Waals surface area contributed by atoms with Gasteiger partial charge in [0.2, 0.25) is 0 Å². The minimum absolute atomic E-state index is 0.00764. The molecule has 0 heterocycles. The first-order valence-corrected chi connectivity index (χ1v) is 15.7. The van der Waals surface area contributed by atoms with Crippen molar-refractivity contribution < 1.29 is 57.9 Å². The molecule has 0 aliphatic heterocycles. The van der Waals surface area contributed by atoms with Gasteiger partial charge in [-0.2, -0.15) is 0 Å². The van der Waals surface area contributed by atoms with Crippen LogP contribution in [-0.4, -0.2) is 81.8 Å². The Morgan fingerprint density at radius 1 is 0.587 bits per heavy atom. The number of amides is 2. The summed E-state index contributed by atoms with van der Waals surface area (Å²) in [6, 6.07) is 0. The van der Waals surface area contributed by atoms with Crippen molar-refractivity contribution in [2.24, 2.45) is 11.8 Å². The highest BCUT2D eigenvalue weighted by Gasteiger charge is 2.41. The molecule has 0 aliphatic rings. The molecule has 14 heteroatoms. The van der Waals surface area contributed by atoms with Gasteiger partial charge in [0.1, 0.15) is 22.4 Å². The van der Waals surface area contributed by atoms with Crippen LogP contribution in [0.3, 0.4) is 0 Å². The summed E-state index contributed by atoms with van der Waals surface area (Å²) in [5.74, 6) is -5.01. The summed E-state index contributed by atoms with van der Waals surface area (Å²) in [4.78, 5) is 71.4. The number of hydrogen-bond donors (Lipinski definition) is 4. The quantitative estimate of drug-likeness (QED) is 0.0712. The van der Waals surface area contributed by atoms with Crippen LogP contribution < -0.4 is 10.6 Å². The highest BCUT2D eigenvalue weighted by molar-refractivity contribution is 5.77. The minimum atomic E-state index is -1.25. The van der Waals surface area contributed by atoms with E-state index < -0.39 is 70.3 Å². The zero-order chi connectivity index (χ0) is 35.9. The smallest absolute Gasteiger partial charge is 0.407 e. The molecule has 2 amide bonds. The van der Waals surface area contributed by atoms with Crippen molar-refractivity contribution in [3.63, 3.8) is 0 Å². The van der Waals surface area contributed by atoms with Crippen LogP contribution in [0, 0.1) is 11.8 Å². The molecular weight excluding hydrogens is 604 g/mol. The monoisotopic (exact) mass is 660 g/mol. The maximum atomic E-state index is 12.6. The molecule has 2 unspecified atom stereocenters. The molecule has 46 heavy (non-hydrogen) atoms. The van der Waals surface area contributed by atoms with Gasteiger partial charge in [0.15, 0.2) is 0 Å². The third-order valence-electron chi connectivity index (χ3n) is 7.80. The molecule has 0 fully saturated rings. The standard InChI is InChI=1S/C32H56N2O12/c1-21(25(38)39)31(7,8)44-26(40)22(2)32(9,10)46-28(42)34-20-14-12-11-13-19-33-27(41)45-30(5,6)18-16-24(37)43-29(3,4)17-15-23(35)36/h21-22H,11-20H2,1-10H3,(H,33,41)(H,34,42)(H,35,36)(H,38,39). The van der Waals surface area contributed by atoms with Crippen molar-refractivity contribution >= 4 is 36.1 Å². The van der Waals surface area contributed by atoms with Crippen LogP contribution in [0.4, 0.5) is 9.59 Å². The Hall–Kier alpha value is -3.58. The van der Waals surface area contributed by atoms with Gasteiger partial charge in [-0.05, 0) is 94.9 Å². The lowest BCUT2D eigenvalue weighted by atomic mass is 9.90. The molecule has 266 valence electrons. The summed E-state index contributed by atoms with van der Waals surface area (Å²) in [6.07, 6.45) is 1.92. The fourth-order valence-electron chi connectivity index (χ4n) is 3.92. The second-order valence-corrected chi connectivity index (χ2v) is 13.8. The van der Waals surface area contributed by atoms with E-state index in [9.17, 15) is 33.9 Å². The van der Waals surface area contributed by atoms with Gasteiger partial charge in [-0.15, -0.1) is 0 Å². The molecular formula is C32H56N2O12. The van der Waals surface area contributed by atoms with Gasteiger partial charge in [-0.25, -0.2) is 9.59 Å². The number of carboxylic acids is 2. The normalized spacial score (nSPS) is 13.5. The van der Waals surface area contributed by atoms with Gasteiger partial charge in [0.25, 0.3) is 0 Å². The molecule has 2 atom stereocenters. The van der Waals surface area contributed by atoms with Crippen LogP contribution in [0.1, 0.15) is 121 Å². The minimum Gasteiger partial charge on any atom is -0.481 e. The second-order valence-electron chi connectivity index (χ2n) is 13.8. The molecule has 0 aliphatic carbocycles. The lowest BCUT2D eigenvalue weighted by Crippen LogP contribution is -2.47. The first-order valence-electron chi connectivity index (χ1n) is 15.7. The highest BCUT2D eigenvalue weighted by Crippen LogP contribution is 2.28. The van der Waals surface area contributed by atoms with E-state index in [2.05, 4.69) is 10.6 Å². The number of ether oxygens (including phenoxy) is 4. The van der Waals surface area contributed by atoms with Crippen LogP contribution >= 0.6 is 0 Å². The van der Waals surface area contributed by atoms with Crippen LogP contribution in [0.25, 0.3) is 0 Å². The van der Waals surface area contributed by atoms with Crippen molar-refractivity contribution in [2.75, 3.05) is 13.1 Å². The Kier molecular flexibility index (Phi) is 17.1. The Bertz CT molecular complexity index is 1050. The summed E-state index contributed by atoms with van der Waals surface area (Å²) in [5.41, 5.74) is -4.28. The summed E-state index contributed by atoms with van der Waals surface area (Å²) < 4.78 is 21.7. The van der Waals surface area contributed by atoms with E-state index >= 15 is 0 Å². The second kappa shape index (κ2) is 18.5. The lowest BCUT2D eigenvalue weighted by molar-refractivity contribution is -0.177. The van der Waals surface area contributed by atoms with Crippen LogP contribution in [0.15, 0.2) is 0 Å². The molecule has 0 saturated heterocycles. The molecule has 0 saturated carbocycles. The summed E-state index contributed by atoms with van der Waals surface area (Å²) in [7, 11) is 0. The van der Waals surface area contributed by atoms with Gasteiger partial charge in [0, 0.05) is 25.9 Å². The lowest BCUT2D eigenvalue weighted by Gasteiger charge is -2.34. The van der Waals surface area contributed by atoms with E-state index in [1.165, 1.54) is 20.8 Å². The Labute approximate surface area is 272 Å². The molecule has 0 aromatic heterocycles. The summed E-state index contributed by atoms with van der Waals surface area (Å²) in [5, 5.41) is 23.4. The fraction of sp³-hybridized carbons (Fsp3) is 0.812. The number of hydrogen-bond acceptors (Lipinski definition) is 10. The van der Waals surface area contributed by atoms with Gasteiger partial charge in [-0.3, -0.25) is 19.2 Å². The summed E-state index contributed by atoms with van der Waals surface area (Å²) >= 11 is 0. The van der Waals surface area contributed by atoms with E-state index in [1.807, 2.05) is 0 Å². The van der Waals surface area contributed by atoms with E-state index in [1.54, 1.807) is 48.5 Å². The van der Waals surface area contributed by atoms with Gasteiger partial charge < -0.3 is 39.8 Å². The number of rotatable bonds is 21. The van der Waals surface area contributed by atoms with Gasteiger partial charge >= 0.3 is 36.1 Å². The average Bonchev–Trinajstić information content (AvgIpc) is 2.90. The fourth-order valence-corrected chi connectivity index (χ4v) is 3.92. The predicted octanol–water partition coefficient (Wildman–Crippen LogP) is 5.20. The number of carbonyl (C=O) groups excluding carboxylic acids is 4. The summed E-state index contributed by atoms with van der Waals surface area (Å²) in [6.45, 7) is 16.6. The Morgan fingerprint density at radius 2 is 1.02 bits per heavy atom. The zero-order valence-corrected chi connectivity index (χ0v) is 29.2. The molecule has 0 spiro atoms. The maximum absolute atomic E-state index is 12.6. The third kappa shape index (κ3) is 17.8. The van der Waals surface area contributed by atoms with E-state index in [4.69, 9.17) is 24.1 Å².